The number of amides is 1. The molecular formula is C19H21ClN2OS. The molecule has 1 N–H and O–H groups in total. The standard InChI is InChI=1S/C19H21ClN2OS/c1-12-9-17(24-18(12)13-3-2-4-14(20)10-13)19(23)22-15-5-6-16(22)11-21-8-7-15/h2-4,9-10,15-16,21H,5-8,11H2,1H3. The van der Waals surface area contributed by atoms with Crippen LogP contribution in [0.25, 0.3) is 10.4 Å². The number of nitrogens with one attached hydrogen (secondary N) is 1. The molecule has 126 valence electrons. The van der Waals surface area contributed by atoms with Crippen LogP contribution in [-0.2, 0) is 0 Å². The Morgan fingerprint density at radius 2 is 2.08 bits per heavy atom. The highest BCUT2D eigenvalue weighted by Gasteiger charge is 2.38. The molecule has 0 saturated carbocycles. The Balaban J connectivity index is 1.65. The average Bonchev–Trinajstić information content (AvgIpc) is 3.05. The molecular weight excluding hydrogens is 340 g/mol. The Bertz CT molecular complexity index is 758. The Hall–Kier alpha value is -1.36. The van der Waals surface area contributed by atoms with Gasteiger partial charge in [0.25, 0.3) is 5.91 Å². The minimum atomic E-state index is 0.201. The predicted molar refractivity (Wildman–Crippen MR) is 100.0 cm³/mol. The summed E-state index contributed by atoms with van der Waals surface area (Å²) in [6.45, 7) is 4.01. The first-order valence-electron chi connectivity index (χ1n) is 8.53. The van der Waals surface area contributed by atoms with Crippen molar-refractivity contribution in [2.75, 3.05) is 13.1 Å². The molecule has 0 radical (unpaired) electrons. The minimum absolute atomic E-state index is 0.201. The van der Waals surface area contributed by atoms with E-state index in [4.69, 9.17) is 11.6 Å². The molecule has 2 unspecified atom stereocenters. The molecule has 1 amide bonds. The van der Waals surface area contributed by atoms with Crippen LogP contribution in [0, 0.1) is 6.92 Å². The lowest BCUT2D eigenvalue weighted by Gasteiger charge is -2.27. The van der Waals surface area contributed by atoms with Gasteiger partial charge in [-0.1, -0.05) is 23.7 Å². The van der Waals surface area contributed by atoms with Crippen LogP contribution >= 0.6 is 22.9 Å². The third-order valence-electron chi connectivity index (χ3n) is 5.10. The summed E-state index contributed by atoms with van der Waals surface area (Å²) in [5, 5.41) is 4.19. The SMILES string of the molecule is Cc1cc(C(=O)N2C3CCNCC2CC3)sc1-c1cccc(Cl)c1. The van der Waals surface area contributed by atoms with Gasteiger partial charge in [-0.25, -0.2) is 0 Å². The molecule has 3 nitrogen and oxygen atoms in total. The maximum absolute atomic E-state index is 13.2. The topological polar surface area (TPSA) is 32.3 Å². The summed E-state index contributed by atoms with van der Waals surface area (Å²) in [5.74, 6) is 0.201. The van der Waals surface area contributed by atoms with E-state index in [1.807, 2.05) is 24.3 Å². The number of carbonyl (C=O) groups excluding carboxylic acids is 1. The predicted octanol–water partition coefficient (Wildman–Crippen LogP) is 4.34. The summed E-state index contributed by atoms with van der Waals surface area (Å²) in [7, 11) is 0. The largest absolute Gasteiger partial charge is 0.331 e. The van der Waals surface area contributed by atoms with E-state index in [2.05, 4.69) is 23.2 Å². The third kappa shape index (κ3) is 2.87. The summed E-state index contributed by atoms with van der Waals surface area (Å²) >= 11 is 7.72. The van der Waals surface area contributed by atoms with Gasteiger partial charge in [0.2, 0.25) is 0 Å². The number of hydrogen-bond acceptors (Lipinski definition) is 3. The molecule has 3 heterocycles. The van der Waals surface area contributed by atoms with Gasteiger partial charge in [0.15, 0.2) is 0 Å². The zero-order valence-electron chi connectivity index (χ0n) is 13.7. The van der Waals surface area contributed by atoms with Crippen LogP contribution in [-0.4, -0.2) is 36.0 Å². The van der Waals surface area contributed by atoms with Crippen molar-refractivity contribution in [2.24, 2.45) is 0 Å². The van der Waals surface area contributed by atoms with Gasteiger partial charge in [-0.2, -0.15) is 0 Å². The van der Waals surface area contributed by atoms with E-state index >= 15 is 0 Å². The summed E-state index contributed by atoms with van der Waals surface area (Å²) in [6, 6.07) is 10.6. The van der Waals surface area contributed by atoms with Gasteiger partial charge < -0.3 is 10.2 Å². The summed E-state index contributed by atoms with van der Waals surface area (Å²) in [5.41, 5.74) is 2.23. The number of nitrogens with zero attached hydrogens (tertiary/aromatic N) is 1. The highest BCUT2D eigenvalue weighted by molar-refractivity contribution is 7.17. The number of benzene rings is 1. The molecule has 2 atom stereocenters. The van der Waals surface area contributed by atoms with Gasteiger partial charge in [0.1, 0.15) is 0 Å². The van der Waals surface area contributed by atoms with E-state index < -0.39 is 0 Å². The first-order valence-corrected chi connectivity index (χ1v) is 9.72. The lowest BCUT2D eigenvalue weighted by molar-refractivity contribution is 0.0685. The van der Waals surface area contributed by atoms with Gasteiger partial charge in [0.05, 0.1) is 4.88 Å². The van der Waals surface area contributed by atoms with E-state index in [1.165, 1.54) is 0 Å². The summed E-state index contributed by atoms with van der Waals surface area (Å²) < 4.78 is 0. The van der Waals surface area contributed by atoms with Crippen molar-refractivity contribution in [3.63, 3.8) is 0 Å². The molecule has 2 aromatic rings. The first-order chi connectivity index (χ1) is 11.6. The van der Waals surface area contributed by atoms with Crippen molar-refractivity contribution in [3.8, 4) is 10.4 Å². The molecule has 1 aromatic heterocycles. The Morgan fingerprint density at radius 3 is 2.92 bits per heavy atom. The van der Waals surface area contributed by atoms with Crippen molar-refractivity contribution < 1.29 is 4.79 Å². The monoisotopic (exact) mass is 360 g/mol. The second-order valence-electron chi connectivity index (χ2n) is 6.72. The fourth-order valence-electron chi connectivity index (χ4n) is 3.94. The van der Waals surface area contributed by atoms with Crippen molar-refractivity contribution >= 4 is 28.8 Å². The zero-order valence-corrected chi connectivity index (χ0v) is 15.3. The van der Waals surface area contributed by atoms with Crippen LogP contribution in [0.5, 0.6) is 0 Å². The maximum Gasteiger partial charge on any atom is 0.264 e. The maximum atomic E-state index is 13.2. The van der Waals surface area contributed by atoms with Gasteiger partial charge in [-0.05, 0) is 62.1 Å². The second-order valence-corrected chi connectivity index (χ2v) is 8.21. The summed E-state index contributed by atoms with van der Waals surface area (Å²) in [4.78, 5) is 17.3. The van der Waals surface area contributed by atoms with Gasteiger partial charge in [-0.15, -0.1) is 11.3 Å². The average molecular weight is 361 g/mol. The number of aryl methyl sites for hydroxylation is 1. The Morgan fingerprint density at radius 1 is 1.25 bits per heavy atom. The number of hydrogen-bond donors (Lipinski definition) is 1. The van der Waals surface area contributed by atoms with Gasteiger partial charge in [0, 0.05) is 28.5 Å². The molecule has 2 aliphatic rings. The van der Waals surface area contributed by atoms with Crippen LogP contribution in [0.4, 0.5) is 0 Å². The fraction of sp³-hybridized carbons (Fsp3) is 0.421. The number of thiophene rings is 1. The zero-order chi connectivity index (χ0) is 16.7. The quantitative estimate of drug-likeness (QED) is 0.863. The molecule has 4 rings (SSSR count). The van der Waals surface area contributed by atoms with Crippen molar-refractivity contribution in [1.82, 2.24) is 10.2 Å². The first kappa shape index (κ1) is 16.1. The lowest BCUT2D eigenvalue weighted by atomic mass is 10.1. The molecule has 2 bridgehead atoms. The van der Waals surface area contributed by atoms with Crippen LogP contribution in [0.1, 0.15) is 34.5 Å². The van der Waals surface area contributed by atoms with Crippen LogP contribution < -0.4 is 5.32 Å². The Labute approximate surface area is 151 Å². The molecule has 1 aromatic carbocycles. The van der Waals surface area contributed by atoms with E-state index in [1.54, 1.807) is 11.3 Å². The molecule has 0 spiro atoms. The molecule has 2 aliphatic heterocycles. The van der Waals surface area contributed by atoms with Crippen molar-refractivity contribution in [3.05, 3.63) is 45.8 Å². The molecule has 0 aliphatic carbocycles. The van der Waals surface area contributed by atoms with Crippen molar-refractivity contribution in [2.45, 2.75) is 38.3 Å². The minimum Gasteiger partial charge on any atom is -0.331 e. The van der Waals surface area contributed by atoms with Crippen molar-refractivity contribution in [1.29, 1.82) is 0 Å². The smallest absolute Gasteiger partial charge is 0.264 e. The molecule has 5 heteroatoms. The molecule has 2 fully saturated rings. The van der Waals surface area contributed by atoms with E-state index in [-0.39, 0.29) is 5.91 Å². The van der Waals surface area contributed by atoms with Gasteiger partial charge in [-0.3, -0.25) is 4.79 Å². The van der Waals surface area contributed by atoms with Crippen LogP contribution in [0.15, 0.2) is 30.3 Å². The fourth-order valence-corrected chi connectivity index (χ4v) is 5.25. The van der Waals surface area contributed by atoms with E-state index in [0.717, 1.165) is 58.3 Å². The normalized spacial score (nSPS) is 23.3. The van der Waals surface area contributed by atoms with E-state index in [9.17, 15) is 4.79 Å². The number of halogens is 1. The van der Waals surface area contributed by atoms with Crippen LogP contribution in [0.2, 0.25) is 5.02 Å². The Kier molecular flexibility index (Phi) is 4.37. The second kappa shape index (κ2) is 6.51. The molecule has 24 heavy (non-hydrogen) atoms. The highest BCUT2D eigenvalue weighted by atomic mass is 35.5. The van der Waals surface area contributed by atoms with E-state index in [0.29, 0.717) is 12.1 Å². The molecule has 2 saturated heterocycles. The van der Waals surface area contributed by atoms with Crippen LogP contribution in [0.3, 0.4) is 0 Å². The third-order valence-corrected chi connectivity index (χ3v) is 6.61. The highest BCUT2D eigenvalue weighted by Crippen LogP contribution is 2.36. The number of fused-ring (bicyclic) bond motifs is 2. The number of rotatable bonds is 2. The number of carbonyl (C=O) groups is 1. The lowest BCUT2D eigenvalue weighted by Crippen LogP contribution is -2.42. The summed E-state index contributed by atoms with van der Waals surface area (Å²) in [6.07, 6.45) is 3.33. The van der Waals surface area contributed by atoms with Gasteiger partial charge >= 0.3 is 0 Å².